The topological polar surface area (TPSA) is 64.2 Å². The summed E-state index contributed by atoms with van der Waals surface area (Å²) in [4.78, 5) is 14.4. The molecule has 0 bridgehead atoms. The molecule has 5 nitrogen and oxygen atoms in total. The van der Waals surface area contributed by atoms with E-state index in [4.69, 9.17) is 5.73 Å². The minimum atomic E-state index is -0.0231. The lowest BCUT2D eigenvalue weighted by Gasteiger charge is -2.29. The molecular formula is C17H22N4O. The number of carbonyl (C=O) groups is 1. The fraction of sp³-hybridized carbons (Fsp3) is 0.412. The van der Waals surface area contributed by atoms with Crippen molar-refractivity contribution in [1.82, 2.24) is 14.7 Å². The predicted molar refractivity (Wildman–Crippen MR) is 87.0 cm³/mol. The van der Waals surface area contributed by atoms with Gasteiger partial charge in [0.25, 0.3) is 5.91 Å². The van der Waals surface area contributed by atoms with Crippen LogP contribution in [0.25, 0.3) is 5.69 Å². The molecule has 0 atom stereocenters. The molecule has 1 saturated heterocycles. The van der Waals surface area contributed by atoms with Crippen LogP contribution < -0.4 is 5.73 Å². The molecule has 0 saturated carbocycles. The Labute approximate surface area is 130 Å². The largest absolute Gasteiger partial charge is 0.384 e. The first kappa shape index (κ1) is 14.6. The lowest BCUT2D eigenvalue weighted by molar-refractivity contribution is 0.0691. The van der Waals surface area contributed by atoms with Gasteiger partial charge >= 0.3 is 0 Å². The van der Waals surface area contributed by atoms with Crippen LogP contribution in [-0.2, 0) is 0 Å². The van der Waals surface area contributed by atoms with Crippen molar-refractivity contribution in [2.75, 3.05) is 18.8 Å². The molecule has 0 radical (unpaired) electrons. The summed E-state index contributed by atoms with van der Waals surface area (Å²) >= 11 is 0. The lowest BCUT2D eigenvalue weighted by atomic mass is 9.99. The number of hydrogen-bond donors (Lipinski definition) is 1. The van der Waals surface area contributed by atoms with E-state index in [-0.39, 0.29) is 5.91 Å². The molecule has 1 aliphatic rings. The van der Waals surface area contributed by atoms with Gasteiger partial charge in [-0.1, -0.05) is 19.1 Å². The maximum atomic E-state index is 12.6. The molecule has 1 amide bonds. The fourth-order valence-corrected chi connectivity index (χ4v) is 2.84. The Kier molecular flexibility index (Phi) is 3.88. The molecule has 1 aliphatic heterocycles. The number of piperidine rings is 1. The quantitative estimate of drug-likeness (QED) is 0.927. The zero-order chi connectivity index (χ0) is 15.7. The number of carbonyl (C=O) groups excluding carboxylic acids is 1. The van der Waals surface area contributed by atoms with E-state index in [1.807, 2.05) is 36.1 Å². The number of nitrogens with two attached hydrogens (primary N) is 1. The van der Waals surface area contributed by atoms with Gasteiger partial charge in [0.1, 0.15) is 5.82 Å². The molecular weight excluding hydrogens is 276 g/mol. The second-order valence-electron chi connectivity index (χ2n) is 6.18. The van der Waals surface area contributed by atoms with Crippen molar-refractivity contribution in [2.45, 2.75) is 26.7 Å². The third kappa shape index (κ3) is 2.84. The van der Waals surface area contributed by atoms with E-state index in [0.29, 0.717) is 17.4 Å². The summed E-state index contributed by atoms with van der Waals surface area (Å²) in [5.41, 5.74) is 8.48. The zero-order valence-corrected chi connectivity index (χ0v) is 13.1. The van der Waals surface area contributed by atoms with Gasteiger partial charge < -0.3 is 10.6 Å². The summed E-state index contributed by atoms with van der Waals surface area (Å²) < 4.78 is 1.63. The summed E-state index contributed by atoms with van der Waals surface area (Å²) in [5, 5.41) is 4.42. The molecule has 3 rings (SSSR count). The minimum Gasteiger partial charge on any atom is -0.384 e. The Morgan fingerprint density at radius 1 is 1.27 bits per heavy atom. The third-order valence-electron chi connectivity index (χ3n) is 4.27. The van der Waals surface area contributed by atoms with Crippen LogP contribution in [0.2, 0.25) is 0 Å². The Morgan fingerprint density at radius 3 is 2.68 bits per heavy atom. The van der Waals surface area contributed by atoms with Crippen LogP contribution in [0.5, 0.6) is 0 Å². The molecule has 2 N–H and O–H groups in total. The maximum absolute atomic E-state index is 12.6. The van der Waals surface area contributed by atoms with Gasteiger partial charge in [-0.25, -0.2) is 4.68 Å². The normalized spacial score (nSPS) is 16.0. The number of aromatic nitrogens is 2. The van der Waals surface area contributed by atoms with Gasteiger partial charge in [-0.3, -0.25) is 4.79 Å². The molecule has 1 fully saturated rings. The number of anilines is 1. The molecule has 1 aromatic heterocycles. The van der Waals surface area contributed by atoms with E-state index < -0.39 is 0 Å². The van der Waals surface area contributed by atoms with Crippen LogP contribution in [0.3, 0.4) is 0 Å². The number of nitrogens with zero attached hydrogens (tertiary/aromatic N) is 3. The van der Waals surface area contributed by atoms with Crippen molar-refractivity contribution in [3.63, 3.8) is 0 Å². The standard InChI is InChI=1S/C17H22N4O/c1-12-6-8-20(9-7-12)17(22)15-11-16(18)21(19-15)14-5-3-4-13(2)10-14/h3-5,10-12H,6-9,18H2,1-2H3. The summed E-state index contributed by atoms with van der Waals surface area (Å²) in [6.45, 7) is 5.85. The average Bonchev–Trinajstić information content (AvgIpc) is 2.89. The Hall–Kier alpha value is -2.30. The van der Waals surface area contributed by atoms with Crippen molar-refractivity contribution in [3.8, 4) is 5.69 Å². The molecule has 116 valence electrons. The minimum absolute atomic E-state index is 0.0231. The highest BCUT2D eigenvalue weighted by Crippen LogP contribution is 2.20. The summed E-state index contributed by atoms with van der Waals surface area (Å²) in [6, 6.07) is 9.58. The van der Waals surface area contributed by atoms with Gasteiger partial charge in [0.2, 0.25) is 0 Å². The van der Waals surface area contributed by atoms with Crippen molar-refractivity contribution in [1.29, 1.82) is 0 Å². The molecule has 1 aromatic carbocycles. The first-order chi connectivity index (χ1) is 10.5. The van der Waals surface area contributed by atoms with Crippen LogP contribution >= 0.6 is 0 Å². The van der Waals surface area contributed by atoms with E-state index in [0.717, 1.165) is 37.2 Å². The van der Waals surface area contributed by atoms with E-state index in [1.165, 1.54) is 0 Å². The Morgan fingerprint density at radius 2 is 2.00 bits per heavy atom. The average molecular weight is 298 g/mol. The first-order valence-corrected chi connectivity index (χ1v) is 7.76. The van der Waals surface area contributed by atoms with Crippen LogP contribution in [0.4, 0.5) is 5.82 Å². The maximum Gasteiger partial charge on any atom is 0.274 e. The van der Waals surface area contributed by atoms with Crippen LogP contribution in [0, 0.1) is 12.8 Å². The van der Waals surface area contributed by atoms with Crippen LogP contribution in [0.15, 0.2) is 30.3 Å². The monoisotopic (exact) mass is 298 g/mol. The molecule has 22 heavy (non-hydrogen) atoms. The Bertz CT molecular complexity index is 684. The van der Waals surface area contributed by atoms with Gasteiger partial charge in [0, 0.05) is 19.2 Å². The number of hydrogen-bond acceptors (Lipinski definition) is 3. The summed E-state index contributed by atoms with van der Waals surface area (Å²) in [6.07, 6.45) is 2.11. The number of amides is 1. The van der Waals surface area contributed by atoms with E-state index in [2.05, 4.69) is 12.0 Å². The number of rotatable bonds is 2. The number of benzene rings is 1. The van der Waals surface area contributed by atoms with E-state index in [1.54, 1.807) is 10.7 Å². The molecule has 0 spiro atoms. The van der Waals surface area contributed by atoms with Gasteiger partial charge in [0.15, 0.2) is 5.69 Å². The molecule has 5 heteroatoms. The number of aryl methyl sites for hydroxylation is 1. The molecule has 0 unspecified atom stereocenters. The molecule has 0 aliphatic carbocycles. The summed E-state index contributed by atoms with van der Waals surface area (Å²) in [7, 11) is 0. The van der Waals surface area contributed by atoms with Crippen LogP contribution in [-0.4, -0.2) is 33.7 Å². The highest BCUT2D eigenvalue weighted by atomic mass is 16.2. The van der Waals surface area contributed by atoms with E-state index in [9.17, 15) is 4.79 Å². The van der Waals surface area contributed by atoms with Gasteiger partial charge in [0.05, 0.1) is 5.69 Å². The van der Waals surface area contributed by atoms with Gasteiger partial charge in [-0.05, 0) is 43.4 Å². The van der Waals surface area contributed by atoms with Crippen molar-refractivity contribution >= 4 is 11.7 Å². The van der Waals surface area contributed by atoms with Crippen molar-refractivity contribution in [2.24, 2.45) is 5.92 Å². The Balaban J connectivity index is 1.84. The predicted octanol–water partition coefficient (Wildman–Crippen LogP) is 2.64. The third-order valence-corrected chi connectivity index (χ3v) is 4.27. The molecule has 2 heterocycles. The second kappa shape index (κ2) is 5.83. The number of nitrogen functional groups attached to an aromatic ring is 1. The SMILES string of the molecule is Cc1cccc(-n2nc(C(=O)N3CCC(C)CC3)cc2N)c1. The molecule has 2 aromatic rings. The summed E-state index contributed by atoms with van der Waals surface area (Å²) in [5.74, 6) is 1.16. The van der Waals surface area contributed by atoms with E-state index >= 15 is 0 Å². The van der Waals surface area contributed by atoms with Gasteiger partial charge in [-0.15, -0.1) is 0 Å². The fourth-order valence-electron chi connectivity index (χ4n) is 2.84. The van der Waals surface area contributed by atoms with Crippen LogP contribution in [0.1, 0.15) is 35.8 Å². The number of likely N-dealkylation sites (tertiary alicyclic amines) is 1. The second-order valence-corrected chi connectivity index (χ2v) is 6.18. The highest BCUT2D eigenvalue weighted by Gasteiger charge is 2.24. The van der Waals surface area contributed by atoms with Crippen molar-refractivity contribution < 1.29 is 4.79 Å². The lowest BCUT2D eigenvalue weighted by Crippen LogP contribution is -2.38. The zero-order valence-electron chi connectivity index (χ0n) is 13.1. The van der Waals surface area contributed by atoms with Gasteiger partial charge in [-0.2, -0.15) is 5.10 Å². The first-order valence-electron chi connectivity index (χ1n) is 7.76. The highest BCUT2D eigenvalue weighted by molar-refractivity contribution is 5.93. The van der Waals surface area contributed by atoms with Crippen molar-refractivity contribution in [3.05, 3.63) is 41.6 Å². The smallest absolute Gasteiger partial charge is 0.274 e.